The molecule has 0 heterocycles. The highest BCUT2D eigenvalue weighted by Crippen LogP contribution is 2.27. The highest BCUT2D eigenvalue weighted by atomic mass is 19.1. The molecule has 0 unspecified atom stereocenters. The lowest BCUT2D eigenvalue weighted by atomic mass is 10.1. The van der Waals surface area contributed by atoms with Gasteiger partial charge in [-0.3, -0.25) is 4.79 Å². The van der Waals surface area contributed by atoms with E-state index in [0.717, 1.165) is 0 Å². The van der Waals surface area contributed by atoms with Gasteiger partial charge in [-0.25, -0.2) is 4.39 Å². The Morgan fingerprint density at radius 3 is 2.70 bits per heavy atom. The highest BCUT2D eigenvalue weighted by Gasteiger charge is 2.15. The van der Waals surface area contributed by atoms with Crippen molar-refractivity contribution < 1.29 is 13.9 Å². The van der Waals surface area contributed by atoms with Crippen LogP contribution in [0.5, 0.6) is 5.75 Å². The molecule has 0 atom stereocenters. The molecule has 4 nitrogen and oxygen atoms in total. The number of ether oxygens (including phenoxy) is 1. The van der Waals surface area contributed by atoms with E-state index in [0.29, 0.717) is 28.3 Å². The molecule has 2 rings (SSSR count). The quantitative estimate of drug-likeness (QED) is 0.846. The standard InChI is InChI=1S/C15H15FN2O2/c1-9-8-10(16)6-7-13(9)18-15(19)11-4-3-5-12(17)14(11)20-2/h3-8H,17H2,1-2H3,(H,18,19). The molecule has 3 N–H and O–H groups in total. The van der Waals surface area contributed by atoms with E-state index in [4.69, 9.17) is 10.5 Å². The Labute approximate surface area is 116 Å². The zero-order valence-corrected chi connectivity index (χ0v) is 11.2. The summed E-state index contributed by atoms with van der Waals surface area (Å²) in [7, 11) is 1.45. The van der Waals surface area contributed by atoms with Gasteiger partial charge < -0.3 is 15.8 Å². The second-order valence-corrected chi connectivity index (χ2v) is 4.34. The summed E-state index contributed by atoms with van der Waals surface area (Å²) in [6.45, 7) is 1.72. The van der Waals surface area contributed by atoms with E-state index in [2.05, 4.69) is 5.32 Å². The Balaban J connectivity index is 2.31. The number of hydrogen-bond acceptors (Lipinski definition) is 3. The number of nitrogen functional groups attached to an aromatic ring is 1. The minimum atomic E-state index is -0.358. The Kier molecular flexibility index (Phi) is 3.89. The number of methoxy groups -OCH3 is 1. The number of aryl methyl sites for hydroxylation is 1. The van der Waals surface area contributed by atoms with Gasteiger partial charge in [0, 0.05) is 5.69 Å². The molecule has 2 aromatic rings. The summed E-state index contributed by atoms with van der Waals surface area (Å²) in [5.74, 6) is -0.379. The van der Waals surface area contributed by atoms with Crippen LogP contribution in [-0.2, 0) is 0 Å². The molecule has 5 heteroatoms. The predicted molar refractivity (Wildman–Crippen MR) is 76.5 cm³/mol. The Bertz CT molecular complexity index is 656. The minimum absolute atomic E-state index is 0.324. The first-order valence-electron chi connectivity index (χ1n) is 6.03. The van der Waals surface area contributed by atoms with Crippen molar-refractivity contribution in [3.8, 4) is 5.75 Å². The number of carbonyl (C=O) groups is 1. The van der Waals surface area contributed by atoms with Crippen LogP contribution >= 0.6 is 0 Å². The fourth-order valence-electron chi connectivity index (χ4n) is 1.92. The van der Waals surface area contributed by atoms with Crippen LogP contribution in [-0.4, -0.2) is 13.0 Å². The molecule has 104 valence electrons. The van der Waals surface area contributed by atoms with E-state index in [1.54, 1.807) is 25.1 Å². The first kappa shape index (κ1) is 13.9. The number of nitrogens with one attached hydrogen (secondary N) is 1. The van der Waals surface area contributed by atoms with Gasteiger partial charge in [-0.1, -0.05) is 6.07 Å². The molecule has 0 spiro atoms. The summed E-state index contributed by atoms with van der Waals surface area (Å²) in [5, 5.41) is 2.71. The summed E-state index contributed by atoms with van der Waals surface area (Å²) in [6.07, 6.45) is 0. The van der Waals surface area contributed by atoms with E-state index in [9.17, 15) is 9.18 Å². The maximum atomic E-state index is 13.0. The van der Waals surface area contributed by atoms with Crippen LogP contribution < -0.4 is 15.8 Å². The van der Waals surface area contributed by atoms with Gasteiger partial charge in [0.2, 0.25) is 0 Å². The van der Waals surface area contributed by atoms with Crippen LogP contribution in [0.25, 0.3) is 0 Å². The third kappa shape index (κ3) is 2.71. The van der Waals surface area contributed by atoms with E-state index in [-0.39, 0.29) is 11.7 Å². The van der Waals surface area contributed by atoms with Gasteiger partial charge >= 0.3 is 0 Å². The molecule has 0 fully saturated rings. The summed E-state index contributed by atoms with van der Waals surface area (Å²) in [6, 6.07) is 9.10. The summed E-state index contributed by atoms with van der Waals surface area (Å²) < 4.78 is 18.2. The van der Waals surface area contributed by atoms with Crippen LogP contribution in [0.4, 0.5) is 15.8 Å². The lowest BCUT2D eigenvalue weighted by Gasteiger charge is -2.12. The SMILES string of the molecule is COc1c(N)cccc1C(=O)Nc1ccc(F)cc1C. The number of carbonyl (C=O) groups excluding carboxylic acids is 1. The van der Waals surface area contributed by atoms with Gasteiger partial charge in [-0.05, 0) is 42.8 Å². The Hall–Kier alpha value is -2.56. The normalized spacial score (nSPS) is 10.2. The average Bonchev–Trinajstić information content (AvgIpc) is 2.41. The molecule has 0 aliphatic heterocycles. The number of nitrogens with two attached hydrogens (primary N) is 1. The second kappa shape index (κ2) is 5.61. The van der Waals surface area contributed by atoms with Crippen LogP contribution in [0.15, 0.2) is 36.4 Å². The lowest BCUT2D eigenvalue weighted by molar-refractivity contribution is 0.102. The maximum Gasteiger partial charge on any atom is 0.259 e. The van der Waals surface area contributed by atoms with E-state index in [1.165, 1.54) is 25.3 Å². The van der Waals surface area contributed by atoms with Crippen molar-refractivity contribution in [3.05, 3.63) is 53.3 Å². The molecule has 0 aliphatic carbocycles. The molecule has 0 radical (unpaired) electrons. The topological polar surface area (TPSA) is 64.3 Å². The van der Waals surface area contributed by atoms with Crippen molar-refractivity contribution in [3.63, 3.8) is 0 Å². The number of para-hydroxylation sites is 1. The van der Waals surface area contributed by atoms with Crippen molar-refractivity contribution in [1.82, 2.24) is 0 Å². The molecule has 0 saturated carbocycles. The number of amides is 1. The molecule has 0 aliphatic rings. The summed E-state index contributed by atoms with van der Waals surface area (Å²) in [5.41, 5.74) is 7.66. The molecule has 0 saturated heterocycles. The van der Waals surface area contributed by atoms with Gasteiger partial charge in [0.1, 0.15) is 5.82 Å². The zero-order valence-electron chi connectivity index (χ0n) is 11.2. The van der Waals surface area contributed by atoms with E-state index in [1.807, 2.05) is 0 Å². The van der Waals surface area contributed by atoms with Crippen molar-refractivity contribution in [2.45, 2.75) is 6.92 Å². The Morgan fingerprint density at radius 2 is 2.05 bits per heavy atom. The summed E-state index contributed by atoms with van der Waals surface area (Å²) in [4.78, 5) is 12.2. The maximum absolute atomic E-state index is 13.0. The van der Waals surface area contributed by atoms with Crippen LogP contribution in [0.2, 0.25) is 0 Å². The largest absolute Gasteiger partial charge is 0.494 e. The minimum Gasteiger partial charge on any atom is -0.494 e. The lowest BCUT2D eigenvalue weighted by Crippen LogP contribution is -2.14. The molecule has 0 aromatic heterocycles. The molecule has 0 bridgehead atoms. The van der Waals surface area contributed by atoms with E-state index < -0.39 is 0 Å². The third-order valence-electron chi connectivity index (χ3n) is 2.93. The number of hydrogen-bond donors (Lipinski definition) is 2. The van der Waals surface area contributed by atoms with Crippen LogP contribution in [0, 0.1) is 12.7 Å². The molecule has 20 heavy (non-hydrogen) atoms. The van der Waals surface area contributed by atoms with Crippen molar-refractivity contribution >= 4 is 17.3 Å². The fourth-order valence-corrected chi connectivity index (χ4v) is 1.92. The van der Waals surface area contributed by atoms with Gasteiger partial charge in [0.25, 0.3) is 5.91 Å². The highest BCUT2D eigenvalue weighted by molar-refractivity contribution is 6.07. The van der Waals surface area contributed by atoms with Crippen LogP contribution in [0.3, 0.4) is 0 Å². The first-order chi connectivity index (χ1) is 9.52. The third-order valence-corrected chi connectivity index (χ3v) is 2.93. The van der Waals surface area contributed by atoms with Crippen molar-refractivity contribution in [1.29, 1.82) is 0 Å². The number of anilines is 2. The predicted octanol–water partition coefficient (Wildman–Crippen LogP) is 2.98. The number of benzene rings is 2. The first-order valence-corrected chi connectivity index (χ1v) is 6.03. The Morgan fingerprint density at radius 1 is 1.30 bits per heavy atom. The smallest absolute Gasteiger partial charge is 0.259 e. The molecule has 2 aromatic carbocycles. The molecular weight excluding hydrogens is 259 g/mol. The monoisotopic (exact) mass is 274 g/mol. The van der Waals surface area contributed by atoms with Crippen LogP contribution in [0.1, 0.15) is 15.9 Å². The van der Waals surface area contributed by atoms with Gasteiger partial charge in [0.15, 0.2) is 5.75 Å². The van der Waals surface area contributed by atoms with Gasteiger partial charge in [-0.2, -0.15) is 0 Å². The molecule has 1 amide bonds. The number of rotatable bonds is 3. The van der Waals surface area contributed by atoms with Crippen molar-refractivity contribution in [2.75, 3.05) is 18.2 Å². The van der Waals surface area contributed by atoms with Crippen molar-refractivity contribution in [2.24, 2.45) is 0 Å². The number of halogens is 1. The average molecular weight is 274 g/mol. The summed E-state index contributed by atoms with van der Waals surface area (Å²) >= 11 is 0. The molecular formula is C15H15FN2O2. The second-order valence-electron chi connectivity index (χ2n) is 4.34. The van der Waals surface area contributed by atoms with E-state index >= 15 is 0 Å². The zero-order chi connectivity index (χ0) is 14.7. The fraction of sp³-hybridized carbons (Fsp3) is 0.133. The van der Waals surface area contributed by atoms with Gasteiger partial charge in [0.05, 0.1) is 18.4 Å². The van der Waals surface area contributed by atoms with Gasteiger partial charge in [-0.15, -0.1) is 0 Å².